The van der Waals surface area contributed by atoms with E-state index in [9.17, 15) is 9.90 Å². The summed E-state index contributed by atoms with van der Waals surface area (Å²) >= 11 is 0. The summed E-state index contributed by atoms with van der Waals surface area (Å²) in [6.45, 7) is 3.21. The van der Waals surface area contributed by atoms with Crippen LogP contribution >= 0.6 is 0 Å². The van der Waals surface area contributed by atoms with E-state index in [0.29, 0.717) is 6.42 Å². The summed E-state index contributed by atoms with van der Waals surface area (Å²) in [7, 11) is 0. The van der Waals surface area contributed by atoms with Gasteiger partial charge in [0.2, 0.25) is 5.91 Å². The van der Waals surface area contributed by atoms with Crippen LogP contribution in [0.15, 0.2) is 60.7 Å². The van der Waals surface area contributed by atoms with Gasteiger partial charge < -0.3 is 10.8 Å². The number of aliphatic hydroxyl groups is 1. The SMILES string of the molecule is NC(=O)C(CCO)N1CCN(C(c2ccccc2)c2ccccc2)CC1. The van der Waals surface area contributed by atoms with E-state index in [1.807, 2.05) is 12.1 Å². The fourth-order valence-electron chi connectivity index (χ4n) is 3.82. The van der Waals surface area contributed by atoms with E-state index in [2.05, 4.69) is 58.3 Å². The van der Waals surface area contributed by atoms with Crippen LogP contribution in [0.1, 0.15) is 23.6 Å². The number of rotatable bonds is 7. The second-order valence-electron chi connectivity index (χ2n) is 6.73. The fourth-order valence-corrected chi connectivity index (χ4v) is 3.82. The van der Waals surface area contributed by atoms with Gasteiger partial charge in [-0.1, -0.05) is 60.7 Å². The highest BCUT2D eigenvalue weighted by Crippen LogP contribution is 2.29. The lowest BCUT2D eigenvalue weighted by Crippen LogP contribution is -2.55. The Morgan fingerprint density at radius 2 is 1.35 bits per heavy atom. The molecule has 2 aromatic carbocycles. The average molecular weight is 353 g/mol. The van der Waals surface area contributed by atoms with Crippen LogP contribution in [-0.2, 0) is 4.79 Å². The van der Waals surface area contributed by atoms with Crippen molar-refractivity contribution < 1.29 is 9.90 Å². The van der Waals surface area contributed by atoms with Crippen molar-refractivity contribution in [3.05, 3.63) is 71.8 Å². The molecule has 2 aromatic rings. The molecule has 1 saturated heterocycles. The topological polar surface area (TPSA) is 69.8 Å². The molecule has 3 N–H and O–H groups in total. The molecule has 5 heteroatoms. The molecule has 0 spiro atoms. The molecular formula is C21H27N3O2. The zero-order chi connectivity index (χ0) is 18.4. The first-order chi connectivity index (χ1) is 12.7. The molecule has 1 atom stereocenters. The van der Waals surface area contributed by atoms with Gasteiger partial charge in [0.15, 0.2) is 0 Å². The first-order valence-corrected chi connectivity index (χ1v) is 9.19. The molecule has 0 bridgehead atoms. The lowest BCUT2D eigenvalue weighted by molar-refractivity contribution is -0.124. The van der Waals surface area contributed by atoms with Crippen LogP contribution in [0.3, 0.4) is 0 Å². The van der Waals surface area contributed by atoms with E-state index in [1.54, 1.807) is 0 Å². The number of nitrogens with two attached hydrogens (primary N) is 1. The van der Waals surface area contributed by atoms with Crippen LogP contribution in [-0.4, -0.2) is 59.6 Å². The van der Waals surface area contributed by atoms with Crippen molar-refractivity contribution in [2.75, 3.05) is 32.8 Å². The van der Waals surface area contributed by atoms with Crippen molar-refractivity contribution in [3.8, 4) is 0 Å². The van der Waals surface area contributed by atoms with Gasteiger partial charge in [0.25, 0.3) is 0 Å². The van der Waals surface area contributed by atoms with E-state index < -0.39 is 0 Å². The summed E-state index contributed by atoms with van der Waals surface area (Å²) in [6.07, 6.45) is 0.399. The van der Waals surface area contributed by atoms with Crippen molar-refractivity contribution in [2.45, 2.75) is 18.5 Å². The largest absolute Gasteiger partial charge is 0.396 e. The van der Waals surface area contributed by atoms with Crippen LogP contribution in [0.4, 0.5) is 0 Å². The molecule has 138 valence electrons. The molecular weight excluding hydrogens is 326 g/mol. The molecule has 1 heterocycles. The van der Waals surface area contributed by atoms with Gasteiger partial charge in [-0.25, -0.2) is 0 Å². The monoisotopic (exact) mass is 353 g/mol. The number of nitrogens with zero attached hydrogens (tertiary/aromatic N) is 2. The summed E-state index contributed by atoms with van der Waals surface area (Å²) < 4.78 is 0. The Kier molecular flexibility index (Phi) is 6.39. The van der Waals surface area contributed by atoms with Crippen molar-refractivity contribution in [3.63, 3.8) is 0 Å². The van der Waals surface area contributed by atoms with Crippen LogP contribution in [0, 0.1) is 0 Å². The number of primary amides is 1. The number of aliphatic hydroxyl groups excluding tert-OH is 1. The third-order valence-corrected chi connectivity index (χ3v) is 5.12. The van der Waals surface area contributed by atoms with Crippen molar-refractivity contribution in [2.24, 2.45) is 5.73 Å². The molecule has 1 aliphatic rings. The highest BCUT2D eigenvalue weighted by Gasteiger charge is 2.30. The smallest absolute Gasteiger partial charge is 0.234 e. The van der Waals surface area contributed by atoms with Gasteiger partial charge in [0.05, 0.1) is 12.1 Å². The highest BCUT2D eigenvalue weighted by atomic mass is 16.3. The van der Waals surface area contributed by atoms with Crippen molar-refractivity contribution in [1.82, 2.24) is 9.80 Å². The van der Waals surface area contributed by atoms with Gasteiger partial charge in [-0.3, -0.25) is 14.6 Å². The third kappa shape index (κ3) is 4.30. The first-order valence-electron chi connectivity index (χ1n) is 9.19. The zero-order valence-corrected chi connectivity index (χ0v) is 15.0. The minimum Gasteiger partial charge on any atom is -0.396 e. The predicted molar refractivity (Wildman–Crippen MR) is 103 cm³/mol. The lowest BCUT2D eigenvalue weighted by Gasteiger charge is -2.41. The molecule has 0 aromatic heterocycles. The summed E-state index contributed by atoms with van der Waals surface area (Å²) in [4.78, 5) is 16.3. The minimum absolute atomic E-state index is 0.0233. The van der Waals surface area contributed by atoms with E-state index >= 15 is 0 Å². The second-order valence-corrected chi connectivity index (χ2v) is 6.73. The summed E-state index contributed by atoms with van der Waals surface area (Å²) in [5, 5.41) is 9.21. The van der Waals surface area contributed by atoms with E-state index in [4.69, 9.17) is 5.73 Å². The zero-order valence-electron chi connectivity index (χ0n) is 15.0. The Bertz CT molecular complexity index is 645. The van der Waals surface area contributed by atoms with Crippen molar-refractivity contribution in [1.29, 1.82) is 0 Å². The predicted octanol–water partition coefficient (Wildman–Crippen LogP) is 1.63. The number of amides is 1. The normalized spacial score (nSPS) is 17.3. The van der Waals surface area contributed by atoms with E-state index in [1.165, 1.54) is 11.1 Å². The van der Waals surface area contributed by atoms with Crippen LogP contribution in [0.25, 0.3) is 0 Å². The summed E-state index contributed by atoms with van der Waals surface area (Å²) in [6, 6.07) is 20.9. The molecule has 0 radical (unpaired) electrons. The second kappa shape index (κ2) is 8.94. The molecule has 0 aliphatic carbocycles. The molecule has 0 saturated carbocycles. The summed E-state index contributed by atoms with van der Waals surface area (Å²) in [5.41, 5.74) is 8.07. The number of carbonyl (C=O) groups excluding carboxylic acids is 1. The van der Waals surface area contributed by atoms with Crippen LogP contribution in [0.5, 0.6) is 0 Å². The maximum atomic E-state index is 11.7. The quantitative estimate of drug-likeness (QED) is 0.794. The van der Waals surface area contributed by atoms with Gasteiger partial charge in [0.1, 0.15) is 0 Å². The number of carbonyl (C=O) groups is 1. The fraction of sp³-hybridized carbons (Fsp3) is 0.381. The number of hydrogen-bond acceptors (Lipinski definition) is 4. The number of piperazine rings is 1. The maximum Gasteiger partial charge on any atom is 0.234 e. The van der Waals surface area contributed by atoms with Crippen molar-refractivity contribution >= 4 is 5.91 Å². The Balaban J connectivity index is 1.77. The van der Waals surface area contributed by atoms with E-state index in [0.717, 1.165) is 26.2 Å². The van der Waals surface area contributed by atoms with Gasteiger partial charge in [-0.15, -0.1) is 0 Å². The molecule has 3 rings (SSSR count). The maximum absolute atomic E-state index is 11.7. The van der Waals surface area contributed by atoms with Gasteiger partial charge in [-0.05, 0) is 17.5 Å². The highest BCUT2D eigenvalue weighted by molar-refractivity contribution is 5.79. The minimum atomic E-state index is -0.381. The van der Waals surface area contributed by atoms with Crippen LogP contribution < -0.4 is 5.73 Å². The third-order valence-electron chi connectivity index (χ3n) is 5.12. The lowest BCUT2D eigenvalue weighted by atomic mass is 9.96. The Labute approximate surface area is 155 Å². The van der Waals surface area contributed by atoms with Gasteiger partial charge in [-0.2, -0.15) is 0 Å². The Morgan fingerprint density at radius 1 is 0.885 bits per heavy atom. The van der Waals surface area contributed by atoms with E-state index in [-0.39, 0.29) is 24.6 Å². The molecule has 26 heavy (non-hydrogen) atoms. The average Bonchev–Trinajstić information content (AvgIpc) is 2.68. The molecule has 1 fully saturated rings. The Morgan fingerprint density at radius 3 is 1.77 bits per heavy atom. The molecule has 1 unspecified atom stereocenters. The molecule has 5 nitrogen and oxygen atoms in total. The summed E-state index contributed by atoms with van der Waals surface area (Å²) in [5.74, 6) is -0.352. The molecule has 1 aliphatic heterocycles. The number of hydrogen-bond donors (Lipinski definition) is 2. The van der Waals surface area contributed by atoms with Crippen LogP contribution in [0.2, 0.25) is 0 Å². The van der Waals surface area contributed by atoms with Gasteiger partial charge >= 0.3 is 0 Å². The molecule has 1 amide bonds. The Hall–Kier alpha value is -2.21. The standard InChI is InChI=1S/C21H27N3O2/c22-21(26)19(11-16-25)23-12-14-24(15-13-23)20(17-7-3-1-4-8-17)18-9-5-2-6-10-18/h1-10,19-20,25H,11-16H2,(H2,22,26). The van der Waals surface area contributed by atoms with Gasteiger partial charge in [0, 0.05) is 32.8 Å². The number of benzene rings is 2. The first kappa shape index (κ1) is 18.6.